The average molecular weight is 192 g/mol. The van der Waals surface area contributed by atoms with Gasteiger partial charge < -0.3 is 14.8 Å². The highest BCUT2D eigenvalue weighted by Gasteiger charge is 2.18. The number of rotatable bonds is 1. The number of pyridine rings is 1. The summed E-state index contributed by atoms with van der Waals surface area (Å²) in [6.07, 6.45) is 1.57. The van der Waals surface area contributed by atoms with Gasteiger partial charge >= 0.3 is 5.97 Å². The summed E-state index contributed by atoms with van der Waals surface area (Å²) in [5, 5.41) is 9.99. The molecular formula is C9H8N2O3. The Morgan fingerprint density at radius 2 is 2.43 bits per heavy atom. The molecule has 14 heavy (non-hydrogen) atoms. The molecule has 0 amide bonds. The van der Waals surface area contributed by atoms with Crippen molar-refractivity contribution in [2.75, 3.05) is 7.11 Å². The fraction of sp³-hybridized carbons (Fsp3) is 0.111. The molecule has 2 N–H and O–H groups in total. The van der Waals surface area contributed by atoms with Gasteiger partial charge in [0, 0.05) is 11.6 Å². The first-order chi connectivity index (χ1) is 6.74. The van der Waals surface area contributed by atoms with Crippen LogP contribution >= 0.6 is 0 Å². The molecule has 0 radical (unpaired) electrons. The number of carbonyl (C=O) groups is 1. The first-order valence-electron chi connectivity index (χ1n) is 3.98. The van der Waals surface area contributed by atoms with Crippen LogP contribution < -0.4 is 0 Å². The molecule has 2 rings (SSSR count). The van der Waals surface area contributed by atoms with Gasteiger partial charge in [-0.1, -0.05) is 0 Å². The Labute approximate surface area is 79.3 Å². The zero-order valence-corrected chi connectivity index (χ0v) is 7.44. The molecule has 0 spiro atoms. The van der Waals surface area contributed by atoms with Crippen molar-refractivity contribution in [1.82, 2.24) is 9.97 Å². The van der Waals surface area contributed by atoms with Crippen LogP contribution in [0.15, 0.2) is 18.3 Å². The van der Waals surface area contributed by atoms with Crippen molar-refractivity contribution in [1.29, 1.82) is 0 Å². The van der Waals surface area contributed by atoms with E-state index in [-0.39, 0.29) is 11.4 Å². The van der Waals surface area contributed by atoms with Crippen LogP contribution in [0, 0.1) is 0 Å². The molecule has 0 aromatic carbocycles. The fourth-order valence-electron chi connectivity index (χ4n) is 1.32. The largest absolute Gasteiger partial charge is 0.494 e. The van der Waals surface area contributed by atoms with E-state index >= 15 is 0 Å². The van der Waals surface area contributed by atoms with Crippen molar-refractivity contribution in [3.63, 3.8) is 0 Å². The maximum atomic E-state index is 11.3. The lowest BCUT2D eigenvalue weighted by molar-refractivity contribution is 0.0599. The molecule has 0 atom stereocenters. The Kier molecular flexibility index (Phi) is 1.85. The summed E-state index contributed by atoms with van der Waals surface area (Å²) in [6, 6.07) is 3.37. The van der Waals surface area contributed by atoms with E-state index in [4.69, 9.17) is 0 Å². The maximum Gasteiger partial charge on any atom is 0.344 e. The molecule has 0 aliphatic carbocycles. The third-order valence-corrected chi connectivity index (χ3v) is 1.94. The lowest BCUT2D eigenvalue weighted by Gasteiger charge is -1.96. The van der Waals surface area contributed by atoms with E-state index < -0.39 is 5.97 Å². The summed E-state index contributed by atoms with van der Waals surface area (Å²) >= 11 is 0. The molecule has 0 fully saturated rings. The van der Waals surface area contributed by atoms with Gasteiger partial charge in [-0.3, -0.25) is 0 Å². The van der Waals surface area contributed by atoms with Crippen molar-refractivity contribution in [2.45, 2.75) is 0 Å². The smallest absolute Gasteiger partial charge is 0.344 e. The van der Waals surface area contributed by atoms with E-state index in [9.17, 15) is 9.90 Å². The number of aromatic nitrogens is 2. The molecule has 0 unspecified atom stereocenters. The van der Waals surface area contributed by atoms with Gasteiger partial charge in [0.05, 0.1) is 7.11 Å². The molecule has 0 aliphatic rings. The van der Waals surface area contributed by atoms with E-state index in [2.05, 4.69) is 14.7 Å². The third kappa shape index (κ3) is 1.10. The Morgan fingerprint density at radius 1 is 1.64 bits per heavy atom. The summed E-state index contributed by atoms with van der Waals surface area (Å²) in [4.78, 5) is 17.8. The second-order valence-electron chi connectivity index (χ2n) is 2.74. The van der Waals surface area contributed by atoms with Gasteiger partial charge in [-0.2, -0.15) is 0 Å². The topological polar surface area (TPSA) is 75.2 Å². The van der Waals surface area contributed by atoms with Gasteiger partial charge in [-0.15, -0.1) is 0 Å². The number of aromatic amines is 1. The predicted octanol–water partition coefficient (Wildman–Crippen LogP) is 1.06. The molecule has 0 bridgehead atoms. The minimum absolute atomic E-state index is 0.121. The van der Waals surface area contributed by atoms with Gasteiger partial charge in [0.2, 0.25) is 5.88 Å². The highest BCUT2D eigenvalue weighted by atomic mass is 16.5. The van der Waals surface area contributed by atoms with Crippen molar-refractivity contribution < 1.29 is 14.6 Å². The Bertz CT molecular complexity index is 490. The van der Waals surface area contributed by atoms with Crippen LogP contribution in [0.1, 0.15) is 10.4 Å². The first-order valence-corrected chi connectivity index (χ1v) is 3.98. The summed E-state index contributed by atoms with van der Waals surface area (Å²) < 4.78 is 4.54. The van der Waals surface area contributed by atoms with Crippen LogP contribution in [0.25, 0.3) is 11.0 Å². The van der Waals surface area contributed by atoms with Crippen molar-refractivity contribution in [2.24, 2.45) is 0 Å². The normalized spacial score (nSPS) is 10.4. The number of esters is 1. The monoisotopic (exact) mass is 192 g/mol. The Morgan fingerprint density at radius 3 is 3.14 bits per heavy atom. The van der Waals surface area contributed by atoms with Crippen LogP contribution in [0.4, 0.5) is 0 Å². The van der Waals surface area contributed by atoms with Crippen LogP contribution in [0.5, 0.6) is 5.88 Å². The summed E-state index contributed by atoms with van der Waals surface area (Å²) in [5.41, 5.74) is 0.584. The number of hydrogen-bond acceptors (Lipinski definition) is 4. The maximum absolute atomic E-state index is 11.3. The SMILES string of the molecule is COC(=O)c1c(O)[nH]c2ncccc12. The first kappa shape index (κ1) is 8.55. The minimum atomic E-state index is -0.582. The summed E-state index contributed by atoms with van der Waals surface area (Å²) in [7, 11) is 1.26. The van der Waals surface area contributed by atoms with E-state index in [0.717, 1.165) is 0 Å². The second-order valence-corrected chi connectivity index (χ2v) is 2.74. The highest BCUT2D eigenvalue weighted by Crippen LogP contribution is 2.25. The lowest BCUT2D eigenvalue weighted by atomic mass is 10.2. The van der Waals surface area contributed by atoms with Crippen LogP contribution in [-0.4, -0.2) is 28.2 Å². The van der Waals surface area contributed by atoms with Gasteiger partial charge in [-0.05, 0) is 12.1 Å². The van der Waals surface area contributed by atoms with Crippen LogP contribution in [-0.2, 0) is 4.74 Å². The molecular weight excluding hydrogens is 184 g/mol. The van der Waals surface area contributed by atoms with Crippen LogP contribution in [0.2, 0.25) is 0 Å². The van der Waals surface area contributed by atoms with Gasteiger partial charge in [0.25, 0.3) is 0 Å². The number of H-pyrrole nitrogens is 1. The third-order valence-electron chi connectivity index (χ3n) is 1.94. The number of hydrogen-bond donors (Lipinski definition) is 2. The van der Waals surface area contributed by atoms with E-state index in [1.807, 2.05) is 0 Å². The molecule has 72 valence electrons. The van der Waals surface area contributed by atoms with Crippen molar-refractivity contribution >= 4 is 17.0 Å². The highest BCUT2D eigenvalue weighted by molar-refractivity contribution is 6.05. The number of carbonyl (C=O) groups excluding carboxylic acids is 1. The molecule has 0 saturated heterocycles. The average Bonchev–Trinajstić information content (AvgIpc) is 2.53. The lowest BCUT2D eigenvalue weighted by Crippen LogP contribution is -2.00. The van der Waals surface area contributed by atoms with E-state index in [1.54, 1.807) is 18.3 Å². The van der Waals surface area contributed by atoms with Crippen LogP contribution in [0.3, 0.4) is 0 Å². The van der Waals surface area contributed by atoms with E-state index in [1.165, 1.54) is 7.11 Å². The molecule has 2 aromatic heterocycles. The number of nitrogens with zero attached hydrogens (tertiary/aromatic N) is 1. The summed E-state index contributed by atoms with van der Waals surface area (Å²) in [6.45, 7) is 0. The molecule has 2 aromatic rings. The Hall–Kier alpha value is -2.04. The quantitative estimate of drug-likeness (QED) is 0.662. The molecule has 5 nitrogen and oxygen atoms in total. The number of aromatic hydroxyl groups is 1. The number of ether oxygens (including phenoxy) is 1. The zero-order chi connectivity index (χ0) is 10.1. The van der Waals surface area contributed by atoms with Gasteiger partial charge in [-0.25, -0.2) is 9.78 Å². The standard InChI is InChI=1S/C9H8N2O3/c1-14-9(13)6-5-3-2-4-10-7(5)11-8(6)12/h2-4,12H,1H3,(H,10,11). The summed E-state index contributed by atoms with van der Waals surface area (Å²) in [5.74, 6) is -0.799. The Balaban J connectivity index is 2.74. The van der Waals surface area contributed by atoms with Crippen molar-refractivity contribution in [3.05, 3.63) is 23.9 Å². The number of nitrogens with one attached hydrogen (secondary N) is 1. The van der Waals surface area contributed by atoms with Gasteiger partial charge in [0.1, 0.15) is 11.2 Å². The second kappa shape index (κ2) is 3.02. The fourth-order valence-corrected chi connectivity index (χ4v) is 1.32. The molecule has 0 aliphatic heterocycles. The predicted molar refractivity (Wildman–Crippen MR) is 49.1 cm³/mol. The van der Waals surface area contributed by atoms with E-state index in [0.29, 0.717) is 11.0 Å². The number of fused-ring (bicyclic) bond motifs is 1. The zero-order valence-electron chi connectivity index (χ0n) is 7.44. The number of methoxy groups -OCH3 is 1. The molecule has 2 heterocycles. The molecule has 5 heteroatoms. The van der Waals surface area contributed by atoms with Crippen molar-refractivity contribution in [3.8, 4) is 5.88 Å². The molecule has 0 saturated carbocycles. The van der Waals surface area contributed by atoms with Gasteiger partial charge in [0.15, 0.2) is 0 Å². The minimum Gasteiger partial charge on any atom is -0.494 e.